The number of halogens is 1. The molecule has 2 aromatic carbocycles. The lowest BCUT2D eigenvalue weighted by molar-refractivity contribution is -0.120. The number of rotatable bonds is 8. The molecule has 134 valence electrons. The van der Waals surface area contributed by atoms with Crippen molar-refractivity contribution >= 4 is 21.8 Å². The van der Waals surface area contributed by atoms with Gasteiger partial charge >= 0.3 is 0 Å². The van der Waals surface area contributed by atoms with Crippen LogP contribution in [0.5, 0.6) is 11.5 Å². The van der Waals surface area contributed by atoms with E-state index in [-0.39, 0.29) is 18.5 Å². The van der Waals surface area contributed by atoms with Crippen LogP contribution < -0.4 is 20.1 Å². The molecular formula is C19H23BrN2O3. The Morgan fingerprint density at radius 3 is 2.52 bits per heavy atom. The maximum Gasteiger partial charge on any atom is 0.234 e. The summed E-state index contributed by atoms with van der Waals surface area (Å²) in [4.78, 5) is 12.1. The molecule has 2 aromatic rings. The third kappa shape index (κ3) is 5.47. The topological polar surface area (TPSA) is 59.6 Å². The number of benzene rings is 2. The van der Waals surface area contributed by atoms with E-state index in [4.69, 9.17) is 9.47 Å². The van der Waals surface area contributed by atoms with E-state index in [1.807, 2.05) is 49.4 Å². The quantitative estimate of drug-likeness (QED) is 0.704. The van der Waals surface area contributed by atoms with Crippen LogP contribution >= 0.6 is 15.9 Å². The minimum Gasteiger partial charge on any atom is -0.496 e. The Balaban J connectivity index is 1.84. The van der Waals surface area contributed by atoms with Crippen LogP contribution in [0.1, 0.15) is 24.1 Å². The normalized spacial score (nSPS) is 11.7. The van der Waals surface area contributed by atoms with Crippen molar-refractivity contribution in [1.29, 1.82) is 0 Å². The van der Waals surface area contributed by atoms with Gasteiger partial charge in [0, 0.05) is 18.2 Å². The number of hydrogen-bond acceptors (Lipinski definition) is 4. The highest BCUT2D eigenvalue weighted by Gasteiger charge is 2.10. The van der Waals surface area contributed by atoms with Crippen LogP contribution in [0.2, 0.25) is 0 Å². The molecular weight excluding hydrogens is 384 g/mol. The maximum absolute atomic E-state index is 12.1. The number of para-hydroxylation sites is 1. The number of ether oxygens (including phenoxy) is 2. The molecule has 0 saturated heterocycles. The van der Waals surface area contributed by atoms with Gasteiger partial charge in [-0.15, -0.1) is 0 Å². The highest BCUT2D eigenvalue weighted by molar-refractivity contribution is 9.10. The van der Waals surface area contributed by atoms with E-state index in [9.17, 15) is 4.79 Å². The predicted octanol–water partition coefficient (Wildman–Crippen LogP) is 3.43. The summed E-state index contributed by atoms with van der Waals surface area (Å²) in [6.07, 6.45) is 0. The number of methoxy groups -OCH3 is 2. The third-order valence-electron chi connectivity index (χ3n) is 3.91. The van der Waals surface area contributed by atoms with Crippen molar-refractivity contribution in [2.75, 3.05) is 20.8 Å². The summed E-state index contributed by atoms with van der Waals surface area (Å²) < 4.78 is 11.4. The van der Waals surface area contributed by atoms with Crippen LogP contribution in [0, 0.1) is 0 Å². The van der Waals surface area contributed by atoms with Crippen LogP contribution in [-0.4, -0.2) is 26.7 Å². The molecule has 0 bridgehead atoms. The van der Waals surface area contributed by atoms with Crippen LogP contribution in [0.3, 0.4) is 0 Å². The van der Waals surface area contributed by atoms with Gasteiger partial charge < -0.3 is 20.1 Å². The average molecular weight is 407 g/mol. The molecule has 0 aliphatic heterocycles. The van der Waals surface area contributed by atoms with Crippen molar-refractivity contribution < 1.29 is 14.3 Å². The second kappa shape index (κ2) is 9.44. The maximum atomic E-state index is 12.1. The molecule has 0 spiro atoms. The minimum absolute atomic E-state index is 0.0409. The monoisotopic (exact) mass is 406 g/mol. The van der Waals surface area contributed by atoms with E-state index in [0.29, 0.717) is 6.54 Å². The minimum atomic E-state index is -0.0645. The van der Waals surface area contributed by atoms with Gasteiger partial charge in [0.15, 0.2) is 0 Å². The van der Waals surface area contributed by atoms with Gasteiger partial charge in [-0.25, -0.2) is 0 Å². The van der Waals surface area contributed by atoms with Crippen molar-refractivity contribution in [3.05, 3.63) is 58.1 Å². The van der Waals surface area contributed by atoms with E-state index < -0.39 is 0 Å². The molecule has 0 saturated carbocycles. The van der Waals surface area contributed by atoms with Gasteiger partial charge in [-0.2, -0.15) is 0 Å². The molecule has 0 aliphatic carbocycles. The van der Waals surface area contributed by atoms with Gasteiger partial charge in [-0.05, 0) is 46.6 Å². The number of nitrogens with one attached hydrogen (secondary N) is 2. The average Bonchev–Trinajstić information content (AvgIpc) is 2.64. The third-order valence-corrected chi connectivity index (χ3v) is 4.53. The lowest BCUT2D eigenvalue weighted by Gasteiger charge is -2.16. The Morgan fingerprint density at radius 2 is 1.84 bits per heavy atom. The molecule has 5 nitrogen and oxygen atoms in total. The summed E-state index contributed by atoms with van der Waals surface area (Å²) in [6, 6.07) is 13.6. The van der Waals surface area contributed by atoms with Crippen molar-refractivity contribution in [1.82, 2.24) is 10.6 Å². The molecule has 0 aromatic heterocycles. The number of carbonyl (C=O) groups excluding carboxylic acids is 1. The first-order valence-corrected chi connectivity index (χ1v) is 8.80. The van der Waals surface area contributed by atoms with Gasteiger partial charge in [0.1, 0.15) is 11.5 Å². The Bertz CT molecular complexity index is 722. The molecule has 25 heavy (non-hydrogen) atoms. The van der Waals surface area contributed by atoms with E-state index in [2.05, 4.69) is 26.6 Å². The van der Waals surface area contributed by atoms with Crippen molar-refractivity contribution in [3.63, 3.8) is 0 Å². The highest BCUT2D eigenvalue weighted by Crippen LogP contribution is 2.27. The molecule has 0 radical (unpaired) electrons. The van der Waals surface area contributed by atoms with Crippen molar-refractivity contribution in [3.8, 4) is 11.5 Å². The van der Waals surface area contributed by atoms with Gasteiger partial charge in [0.25, 0.3) is 0 Å². The first kappa shape index (κ1) is 19.3. The van der Waals surface area contributed by atoms with Crippen LogP contribution in [0.25, 0.3) is 0 Å². The second-order valence-electron chi connectivity index (χ2n) is 5.59. The Labute approximate surface area is 156 Å². The molecule has 1 unspecified atom stereocenters. The fraction of sp³-hybridized carbons (Fsp3) is 0.316. The van der Waals surface area contributed by atoms with E-state index in [1.165, 1.54) is 0 Å². The number of amides is 1. The molecule has 0 aliphatic rings. The van der Waals surface area contributed by atoms with E-state index in [0.717, 1.165) is 27.1 Å². The molecule has 0 fully saturated rings. The standard InChI is InChI=1S/C19H23BrN2O3/c1-13(14-8-9-18(25-3)16(20)10-14)21-12-19(23)22-11-15-6-4-5-7-17(15)24-2/h4-10,13,21H,11-12H2,1-3H3,(H,22,23). The van der Waals surface area contributed by atoms with E-state index in [1.54, 1.807) is 14.2 Å². The van der Waals surface area contributed by atoms with Gasteiger partial charge in [0.05, 0.1) is 25.2 Å². The first-order valence-electron chi connectivity index (χ1n) is 8.00. The molecule has 2 rings (SSSR count). The fourth-order valence-corrected chi connectivity index (χ4v) is 2.98. The molecule has 1 atom stereocenters. The van der Waals surface area contributed by atoms with Gasteiger partial charge in [-0.1, -0.05) is 24.3 Å². The molecule has 0 heterocycles. The Kier molecular flexibility index (Phi) is 7.28. The van der Waals surface area contributed by atoms with Crippen LogP contribution in [-0.2, 0) is 11.3 Å². The van der Waals surface area contributed by atoms with Crippen LogP contribution in [0.15, 0.2) is 46.9 Å². The summed E-state index contributed by atoms with van der Waals surface area (Å²) in [7, 11) is 3.25. The molecule has 2 N–H and O–H groups in total. The van der Waals surface area contributed by atoms with Gasteiger partial charge in [-0.3, -0.25) is 4.79 Å². The van der Waals surface area contributed by atoms with Gasteiger partial charge in [0.2, 0.25) is 5.91 Å². The first-order chi connectivity index (χ1) is 12.0. The lowest BCUT2D eigenvalue weighted by atomic mass is 10.1. The zero-order valence-corrected chi connectivity index (χ0v) is 16.2. The van der Waals surface area contributed by atoms with Crippen molar-refractivity contribution in [2.24, 2.45) is 0 Å². The summed E-state index contributed by atoms with van der Waals surface area (Å²) in [6.45, 7) is 2.69. The lowest BCUT2D eigenvalue weighted by Crippen LogP contribution is -2.34. The largest absolute Gasteiger partial charge is 0.496 e. The second-order valence-corrected chi connectivity index (χ2v) is 6.44. The van der Waals surface area contributed by atoms with Crippen LogP contribution in [0.4, 0.5) is 0 Å². The Hall–Kier alpha value is -2.05. The Morgan fingerprint density at radius 1 is 1.12 bits per heavy atom. The summed E-state index contributed by atoms with van der Waals surface area (Å²) >= 11 is 3.48. The molecule has 6 heteroatoms. The smallest absolute Gasteiger partial charge is 0.234 e. The number of hydrogen-bond donors (Lipinski definition) is 2. The summed E-state index contributed by atoms with van der Waals surface area (Å²) in [5.74, 6) is 1.49. The zero-order chi connectivity index (χ0) is 18.2. The SMILES string of the molecule is COc1ccc(C(C)NCC(=O)NCc2ccccc2OC)cc1Br. The zero-order valence-electron chi connectivity index (χ0n) is 14.6. The fourth-order valence-electron chi connectivity index (χ4n) is 2.42. The molecule has 1 amide bonds. The van der Waals surface area contributed by atoms with Crippen molar-refractivity contribution in [2.45, 2.75) is 19.5 Å². The summed E-state index contributed by atoms with van der Waals surface area (Å²) in [5, 5.41) is 6.12. The highest BCUT2D eigenvalue weighted by atomic mass is 79.9. The van der Waals surface area contributed by atoms with E-state index >= 15 is 0 Å². The number of carbonyl (C=O) groups is 1. The predicted molar refractivity (Wildman–Crippen MR) is 102 cm³/mol. The summed E-state index contributed by atoms with van der Waals surface area (Å²) in [5.41, 5.74) is 2.02.